The van der Waals surface area contributed by atoms with Crippen molar-refractivity contribution in [3.63, 3.8) is 0 Å². The van der Waals surface area contributed by atoms with Gasteiger partial charge in [0.2, 0.25) is 32.6 Å². The molecule has 0 atom stereocenters. The summed E-state index contributed by atoms with van der Waals surface area (Å²) < 4.78 is 22.4. The maximum Gasteiger partial charge on any atom is 0.211 e. The lowest BCUT2D eigenvalue weighted by Crippen LogP contribution is -2.10. The summed E-state index contributed by atoms with van der Waals surface area (Å²) in [4.78, 5) is 0. The quantitative estimate of drug-likeness (QED) is 0.538. The molecule has 0 N–H and O–H groups in total. The Morgan fingerprint density at radius 3 is 1.55 bits per heavy atom. The molecule has 0 aliphatic carbocycles. The van der Waals surface area contributed by atoms with Gasteiger partial charge >= 0.3 is 0 Å². The van der Waals surface area contributed by atoms with Crippen LogP contribution in [0, 0.1) is 0 Å². The molecule has 0 aliphatic heterocycles. The highest BCUT2D eigenvalue weighted by Gasteiger charge is 2.07. The van der Waals surface area contributed by atoms with E-state index in [4.69, 9.17) is 0 Å². The topological polar surface area (TPSA) is 34.1 Å². The molecule has 0 radical (unpaired) electrons. The summed E-state index contributed by atoms with van der Waals surface area (Å²) in [6.45, 7) is 0. The van der Waals surface area contributed by atoms with Crippen molar-refractivity contribution >= 4 is 42.4 Å². The zero-order chi connectivity index (χ0) is 8.74. The number of sulfone groups is 1. The third-order valence-corrected chi connectivity index (χ3v) is 4.85. The average Bonchev–Trinajstić information content (AvgIpc) is 1.97. The summed E-state index contributed by atoms with van der Waals surface area (Å²) in [6.07, 6.45) is 1.77. The Morgan fingerprint density at radius 2 is 1.27 bits per heavy atom. The molecule has 0 spiro atoms. The standard InChI is InChI=1S/C6H12O2S.2Al.4H/c1-3-5-9(7,8)6-4-2;;;;;;/h1-6H2;;;;;;. The van der Waals surface area contributed by atoms with Crippen LogP contribution in [-0.4, -0.2) is 52.5 Å². The second kappa shape index (κ2) is 6.52. The van der Waals surface area contributed by atoms with Gasteiger partial charge in [-0.3, -0.25) is 0 Å². The molecule has 0 aromatic heterocycles. The molecule has 2 nitrogen and oxygen atoms in total. The molecular weight excluding hydrogens is 190 g/mol. The minimum Gasteiger partial charge on any atom is -0.229 e. The van der Waals surface area contributed by atoms with E-state index in [-0.39, 0.29) is 0 Å². The molecule has 0 saturated carbocycles. The largest absolute Gasteiger partial charge is 0.229 e. The highest BCUT2D eigenvalue weighted by Crippen LogP contribution is 1.99. The summed E-state index contributed by atoms with van der Waals surface area (Å²) in [7, 11) is -2.66. The van der Waals surface area contributed by atoms with Crippen LogP contribution < -0.4 is 0 Å². The first-order chi connectivity index (χ1) is 5.12. The Morgan fingerprint density at radius 1 is 0.909 bits per heavy atom. The van der Waals surface area contributed by atoms with E-state index in [2.05, 4.69) is 0 Å². The first kappa shape index (κ1) is 12.0. The monoisotopic (exact) mass is 206 g/mol. The van der Waals surface area contributed by atoms with Crippen molar-refractivity contribution in [1.82, 2.24) is 0 Å². The third kappa shape index (κ3) is 7.38. The Hall–Kier alpha value is 1.01. The van der Waals surface area contributed by atoms with Crippen LogP contribution in [0.1, 0.15) is 12.8 Å². The van der Waals surface area contributed by atoms with Gasteiger partial charge in [0.15, 0.2) is 0 Å². The van der Waals surface area contributed by atoms with Crippen LogP contribution in [0.4, 0.5) is 0 Å². The van der Waals surface area contributed by atoms with Gasteiger partial charge in [0.25, 0.3) is 0 Å². The van der Waals surface area contributed by atoms with E-state index in [1.54, 1.807) is 0 Å². The fourth-order valence-corrected chi connectivity index (χ4v) is 4.22. The maximum absolute atomic E-state index is 11.2. The Labute approximate surface area is 85.5 Å². The van der Waals surface area contributed by atoms with Crippen molar-refractivity contribution in [3.8, 4) is 0 Å². The lowest BCUT2D eigenvalue weighted by Gasteiger charge is -2.00. The van der Waals surface area contributed by atoms with Gasteiger partial charge in [-0.2, -0.15) is 0 Å². The summed E-state index contributed by atoms with van der Waals surface area (Å²) in [6, 6.07) is 0. The molecule has 0 aromatic carbocycles. The van der Waals surface area contributed by atoms with Crippen LogP contribution in [0.3, 0.4) is 0 Å². The van der Waals surface area contributed by atoms with E-state index in [1.807, 2.05) is 0 Å². The molecule has 0 saturated heterocycles. The van der Waals surface area contributed by atoms with E-state index in [0.717, 1.165) is 56.0 Å². The van der Waals surface area contributed by atoms with Crippen LogP contribution >= 0.6 is 0 Å². The highest BCUT2D eigenvalue weighted by molar-refractivity contribution is 7.91. The number of hydrogen-bond acceptors (Lipinski definition) is 2. The predicted octanol–water partition coefficient (Wildman–Crippen LogP) is -0.716. The van der Waals surface area contributed by atoms with Gasteiger partial charge < -0.3 is 0 Å². The van der Waals surface area contributed by atoms with Crippen molar-refractivity contribution < 1.29 is 8.42 Å². The maximum atomic E-state index is 11.2. The first-order valence-electron chi connectivity index (χ1n) is 4.32. The molecular formula is C6H16Al2O2S. The summed E-state index contributed by atoms with van der Waals surface area (Å²) in [5.74, 6) is 0.857. The zero-order valence-electron chi connectivity index (χ0n) is 7.47. The van der Waals surface area contributed by atoms with Gasteiger partial charge in [0.1, 0.15) is 9.84 Å². The second-order valence-corrected chi connectivity index (χ2v) is 7.16. The third-order valence-electron chi connectivity index (χ3n) is 1.62. The van der Waals surface area contributed by atoms with Crippen molar-refractivity contribution in [2.24, 2.45) is 0 Å². The highest BCUT2D eigenvalue weighted by atomic mass is 32.2. The second-order valence-electron chi connectivity index (χ2n) is 2.86. The molecule has 11 heavy (non-hydrogen) atoms. The van der Waals surface area contributed by atoms with Gasteiger partial charge in [0.05, 0.1) is 0 Å². The SMILES string of the molecule is O=S(=O)(CC[CH2][AlH2])CC[CH2][AlH2]. The molecule has 0 aromatic rings. The van der Waals surface area contributed by atoms with Gasteiger partial charge in [-0.05, 0) is 0 Å². The van der Waals surface area contributed by atoms with Crippen LogP contribution in [0.5, 0.6) is 0 Å². The van der Waals surface area contributed by atoms with Crippen molar-refractivity contribution in [2.75, 3.05) is 11.5 Å². The fourth-order valence-electron chi connectivity index (χ4n) is 0.831. The fraction of sp³-hybridized carbons (Fsp3) is 1.00. The molecule has 5 heteroatoms. The van der Waals surface area contributed by atoms with Crippen molar-refractivity contribution in [3.05, 3.63) is 0 Å². The van der Waals surface area contributed by atoms with E-state index in [0.29, 0.717) is 11.5 Å². The van der Waals surface area contributed by atoms with E-state index >= 15 is 0 Å². The number of hydrogen-bond donors (Lipinski definition) is 0. The smallest absolute Gasteiger partial charge is 0.211 e. The number of rotatable bonds is 6. The van der Waals surface area contributed by atoms with Crippen LogP contribution in [0.2, 0.25) is 10.6 Å². The molecule has 0 aliphatic rings. The lowest BCUT2D eigenvalue weighted by atomic mass is 10.6. The molecule has 0 unspecified atom stereocenters. The molecule has 0 amide bonds. The minimum atomic E-state index is -2.66. The zero-order valence-corrected chi connectivity index (χ0v) is 12.3. The Kier molecular flexibility index (Phi) is 7.12. The van der Waals surface area contributed by atoms with Crippen LogP contribution in [-0.2, 0) is 9.84 Å². The molecule has 64 valence electrons. The lowest BCUT2D eigenvalue weighted by molar-refractivity contribution is 0.593. The predicted molar refractivity (Wildman–Crippen MR) is 54.6 cm³/mol. The van der Waals surface area contributed by atoms with Gasteiger partial charge in [0, 0.05) is 11.5 Å². The Bertz CT molecular complexity index is 163. The minimum absolute atomic E-state index is 0.429. The summed E-state index contributed by atoms with van der Waals surface area (Å²) in [5.41, 5.74) is 0. The van der Waals surface area contributed by atoms with Gasteiger partial charge in [-0.1, -0.05) is 12.8 Å². The molecule has 0 fully saturated rings. The van der Waals surface area contributed by atoms with Gasteiger partial charge in [-0.15, -0.1) is 10.6 Å². The van der Waals surface area contributed by atoms with Crippen molar-refractivity contribution in [1.29, 1.82) is 0 Å². The summed E-state index contributed by atoms with van der Waals surface area (Å²) >= 11 is 2.26. The van der Waals surface area contributed by atoms with Crippen molar-refractivity contribution in [2.45, 2.75) is 23.4 Å². The molecule has 0 bridgehead atoms. The first-order valence-corrected chi connectivity index (χ1v) is 8.97. The molecule has 0 rings (SSSR count). The van der Waals surface area contributed by atoms with E-state index in [9.17, 15) is 8.42 Å². The molecule has 0 heterocycles. The summed E-state index contributed by atoms with van der Waals surface area (Å²) in [5, 5.41) is 2.22. The van der Waals surface area contributed by atoms with E-state index < -0.39 is 9.84 Å². The Balaban J connectivity index is 3.63. The van der Waals surface area contributed by atoms with E-state index in [1.165, 1.54) is 0 Å². The normalized spacial score (nSPS) is 11.6. The van der Waals surface area contributed by atoms with Gasteiger partial charge in [-0.25, -0.2) is 8.42 Å². The van der Waals surface area contributed by atoms with Crippen LogP contribution in [0.25, 0.3) is 0 Å². The van der Waals surface area contributed by atoms with Crippen LogP contribution in [0.15, 0.2) is 0 Å². The average molecular weight is 206 g/mol.